The minimum Gasteiger partial charge on any atom is -0.490 e. The number of aliphatic carboxylic acids is 1. The van der Waals surface area contributed by atoms with Crippen molar-refractivity contribution in [2.75, 3.05) is 6.61 Å². The van der Waals surface area contributed by atoms with Crippen molar-refractivity contribution in [2.24, 2.45) is 0 Å². The first kappa shape index (κ1) is 12.8. The van der Waals surface area contributed by atoms with E-state index in [1.54, 1.807) is 0 Å². The quantitative estimate of drug-likeness (QED) is 0.829. The third-order valence-electron chi connectivity index (χ3n) is 1.77. The van der Waals surface area contributed by atoms with E-state index in [0.717, 1.165) is 0 Å². The summed E-state index contributed by atoms with van der Waals surface area (Å²) in [4.78, 5) is 20.9. The SMILES string of the molecule is O=Cc1ccc(Cl)c(OCCC(=O)O)c1Cl. The van der Waals surface area contributed by atoms with E-state index < -0.39 is 5.97 Å². The Hall–Kier alpha value is -1.26. The van der Waals surface area contributed by atoms with Crippen LogP contribution in [-0.4, -0.2) is 24.0 Å². The van der Waals surface area contributed by atoms with E-state index >= 15 is 0 Å². The molecule has 1 rings (SSSR count). The largest absolute Gasteiger partial charge is 0.490 e. The van der Waals surface area contributed by atoms with Crippen LogP contribution in [0.5, 0.6) is 5.75 Å². The predicted octanol–water partition coefficient (Wildman–Crippen LogP) is 2.66. The van der Waals surface area contributed by atoms with E-state index in [-0.39, 0.29) is 34.4 Å². The van der Waals surface area contributed by atoms with Gasteiger partial charge in [0.1, 0.15) is 0 Å². The average molecular weight is 263 g/mol. The Bertz CT molecular complexity index is 418. The number of hydrogen-bond donors (Lipinski definition) is 1. The van der Waals surface area contributed by atoms with Crippen LogP contribution in [0.15, 0.2) is 12.1 Å². The van der Waals surface area contributed by atoms with Gasteiger partial charge in [0.05, 0.1) is 23.1 Å². The summed E-state index contributed by atoms with van der Waals surface area (Å²) in [5, 5.41) is 8.76. The minimum absolute atomic E-state index is 0.0584. The van der Waals surface area contributed by atoms with Crippen LogP contribution in [0.25, 0.3) is 0 Å². The predicted molar refractivity (Wildman–Crippen MR) is 59.6 cm³/mol. The van der Waals surface area contributed by atoms with Gasteiger partial charge in [-0.3, -0.25) is 9.59 Å². The summed E-state index contributed by atoms with van der Waals surface area (Å²) in [6.07, 6.45) is 0.403. The number of carboxylic acid groups (broad SMARTS) is 1. The zero-order valence-corrected chi connectivity index (χ0v) is 9.59. The molecule has 0 unspecified atom stereocenters. The summed E-state index contributed by atoms with van der Waals surface area (Å²) in [6.45, 7) is -0.0584. The third kappa shape index (κ3) is 3.12. The van der Waals surface area contributed by atoms with Gasteiger partial charge in [0.2, 0.25) is 0 Å². The summed E-state index contributed by atoms with van der Waals surface area (Å²) >= 11 is 11.6. The molecule has 0 spiro atoms. The van der Waals surface area contributed by atoms with Gasteiger partial charge in [-0.2, -0.15) is 0 Å². The van der Waals surface area contributed by atoms with Crippen LogP contribution in [-0.2, 0) is 4.79 Å². The van der Waals surface area contributed by atoms with Crippen molar-refractivity contribution >= 4 is 35.5 Å². The molecule has 0 radical (unpaired) electrons. The number of carbonyl (C=O) groups excluding carboxylic acids is 1. The van der Waals surface area contributed by atoms with E-state index in [2.05, 4.69) is 0 Å². The van der Waals surface area contributed by atoms with Crippen LogP contribution in [0.3, 0.4) is 0 Å². The van der Waals surface area contributed by atoms with Crippen LogP contribution in [0, 0.1) is 0 Å². The Labute approximate surface area is 102 Å². The van der Waals surface area contributed by atoms with E-state index in [9.17, 15) is 9.59 Å². The standard InChI is InChI=1S/C10H8Cl2O4/c11-7-2-1-6(5-13)9(12)10(7)16-4-3-8(14)15/h1-2,5H,3-4H2,(H,14,15). The van der Waals surface area contributed by atoms with Crippen molar-refractivity contribution in [2.45, 2.75) is 6.42 Å². The first-order chi connectivity index (χ1) is 7.56. The number of hydrogen-bond acceptors (Lipinski definition) is 3. The van der Waals surface area contributed by atoms with Crippen LogP contribution >= 0.6 is 23.2 Å². The molecular weight excluding hydrogens is 255 g/mol. The number of ether oxygens (including phenoxy) is 1. The van der Waals surface area contributed by atoms with Crippen molar-refractivity contribution < 1.29 is 19.4 Å². The van der Waals surface area contributed by atoms with Gasteiger partial charge in [0, 0.05) is 5.56 Å². The topological polar surface area (TPSA) is 63.6 Å². The van der Waals surface area contributed by atoms with Gasteiger partial charge in [0.25, 0.3) is 0 Å². The van der Waals surface area contributed by atoms with Crippen LogP contribution in [0.4, 0.5) is 0 Å². The molecule has 0 aromatic heterocycles. The normalized spacial score (nSPS) is 9.88. The molecule has 0 saturated carbocycles. The molecule has 1 aromatic carbocycles. The molecule has 0 atom stereocenters. The lowest BCUT2D eigenvalue weighted by Crippen LogP contribution is -2.05. The lowest BCUT2D eigenvalue weighted by molar-refractivity contribution is -0.137. The molecule has 4 nitrogen and oxygen atoms in total. The van der Waals surface area contributed by atoms with Gasteiger partial charge >= 0.3 is 5.97 Å². The van der Waals surface area contributed by atoms with Crippen molar-refractivity contribution in [1.29, 1.82) is 0 Å². The second kappa shape index (κ2) is 5.72. The molecule has 1 N–H and O–H groups in total. The van der Waals surface area contributed by atoms with Gasteiger partial charge in [-0.1, -0.05) is 23.2 Å². The van der Waals surface area contributed by atoms with Crippen molar-refractivity contribution in [3.63, 3.8) is 0 Å². The molecule has 0 aliphatic heterocycles. The van der Waals surface area contributed by atoms with E-state index in [4.69, 9.17) is 33.0 Å². The van der Waals surface area contributed by atoms with Crippen molar-refractivity contribution in [1.82, 2.24) is 0 Å². The fourth-order valence-corrected chi connectivity index (χ4v) is 1.54. The number of carbonyl (C=O) groups is 2. The summed E-state index contributed by atoms with van der Waals surface area (Å²) in [6, 6.07) is 2.93. The number of carboxylic acids is 1. The molecule has 0 saturated heterocycles. The fourth-order valence-electron chi connectivity index (χ4n) is 1.01. The first-order valence-electron chi connectivity index (χ1n) is 4.34. The van der Waals surface area contributed by atoms with Gasteiger partial charge in [-0.05, 0) is 12.1 Å². The smallest absolute Gasteiger partial charge is 0.306 e. The van der Waals surface area contributed by atoms with Gasteiger partial charge in [-0.15, -0.1) is 0 Å². The van der Waals surface area contributed by atoms with Crippen LogP contribution in [0.1, 0.15) is 16.8 Å². The molecule has 86 valence electrons. The Morgan fingerprint density at radius 1 is 1.44 bits per heavy atom. The summed E-state index contributed by atoms with van der Waals surface area (Å²) in [5.74, 6) is -0.854. The lowest BCUT2D eigenvalue weighted by Gasteiger charge is -2.09. The highest BCUT2D eigenvalue weighted by Crippen LogP contribution is 2.34. The molecular formula is C10H8Cl2O4. The maximum atomic E-state index is 10.6. The summed E-state index contributed by atoms with van der Waals surface area (Å²) in [7, 11) is 0. The van der Waals surface area contributed by atoms with E-state index in [0.29, 0.717) is 6.29 Å². The molecule has 0 amide bonds. The number of rotatable bonds is 5. The summed E-state index contributed by atoms with van der Waals surface area (Å²) in [5.41, 5.74) is 0.247. The number of aldehydes is 1. The maximum absolute atomic E-state index is 10.6. The van der Waals surface area contributed by atoms with Gasteiger partial charge in [-0.25, -0.2) is 0 Å². The molecule has 0 aliphatic rings. The second-order valence-corrected chi connectivity index (χ2v) is 3.67. The molecule has 1 aromatic rings. The Morgan fingerprint density at radius 3 is 2.69 bits per heavy atom. The highest BCUT2D eigenvalue weighted by Gasteiger charge is 2.12. The minimum atomic E-state index is -0.987. The Kier molecular flexibility index (Phi) is 4.58. The molecule has 0 aliphatic carbocycles. The second-order valence-electron chi connectivity index (χ2n) is 2.89. The fraction of sp³-hybridized carbons (Fsp3) is 0.200. The first-order valence-corrected chi connectivity index (χ1v) is 5.09. The molecule has 0 heterocycles. The highest BCUT2D eigenvalue weighted by atomic mass is 35.5. The highest BCUT2D eigenvalue weighted by molar-refractivity contribution is 6.38. The van der Waals surface area contributed by atoms with Gasteiger partial charge in [0.15, 0.2) is 12.0 Å². The zero-order chi connectivity index (χ0) is 12.1. The summed E-state index contributed by atoms with van der Waals surface area (Å²) < 4.78 is 5.12. The van der Waals surface area contributed by atoms with E-state index in [1.807, 2.05) is 0 Å². The van der Waals surface area contributed by atoms with E-state index in [1.165, 1.54) is 12.1 Å². The molecule has 6 heteroatoms. The Balaban J connectivity index is 2.85. The zero-order valence-electron chi connectivity index (χ0n) is 8.07. The van der Waals surface area contributed by atoms with Crippen molar-refractivity contribution in [3.8, 4) is 5.75 Å². The van der Waals surface area contributed by atoms with Crippen molar-refractivity contribution in [3.05, 3.63) is 27.7 Å². The average Bonchev–Trinajstić information content (AvgIpc) is 2.23. The molecule has 16 heavy (non-hydrogen) atoms. The number of benzene rings is 1. The lowest BCUT2D eigenvalue weighted by atomic mass is 10.2. The molecule has 0 fully saturated rings. The monoisotopic (exact) mass is 262 g/mol. The number of halogens is 2. The third-order valence-corrected chi connectivity index (χ3v) is 2.46. The van der Waals surface area contributed by atoms with Crippen LogP contribution in [0.2, 0.25) is 10.0 Å². The Morgan fingerprint density at radius 2 is 2.12 bits per heavy atom. The maximum Gasteiger partial charge on any atom is 0.306 e. The molecule has 0 bridgehead atoms. The van der Waals surface area contributed by atoms with Gasteiger partial charge < -0.3 is 9.84 Å². The van der Waals surface area contributed by atoms with Crippen LogP contribution < -0.4 is 4.74 Å².